The molecule has 4 aromatic rings. The minimum atomic E-state index is -4.55. The Morgan fingerprint density at radius 2 is 1.68 bits per heavy atom. The van der Waals surface area contributed by atoms with Crippen LogP contribution < -0.4 is 16.0 Å². The van der Waals surface area contributed by atoms with Crippen LogP contribution in [-0.2, 0) is 6.18 Å². The molecule has 0 saturated carbocycles. The Kier molecular flexibility index (Phi) is 5.15. The van der Waals surface area contributed by atoms with Gasteiger partial charge in [-0.3, -0.25) is 4.79 Å². The highest BCUT2D eigenvalue weighted by Gasteiger charge is 2.31. The fraction of sp³-hybridized carbons (Fsp3) is 0.0870. The second-order valence-electron chi connectivity index (χ2n) is 6.93. The maximum atomic E-state index is 13.5. The topological polar surface area (TPSA) is 68.1 Å². The molecule has 8 heteroatoms. The summed E-state index contributed by atoms with van der Waals surface area (Å²) >= 11 is 6.20. The minimum Gasteiger partial charge on any atom is -0.496 e. The Morgan fingerprint density at radius 3 is 2.32 bits per heavy atom. The first-order valence-electron chi connectivity index (χ1n) is 9.16. The van der Waals surface area contributed by atoms with Crippen LogP contribution in [0.3, 0.4) is 0 Å². The number of aromatic nitrogens is 1. The summed E-state index contributed by atoms with van der Waals surface area (Å²) in [7, 11) is 1.44. The quantitative estimate of drug-likeness (QED) is 0.374. The van der Waals surface area contributed by atoms with Gasteiger partial charge in [0.1, 0.15) is 5.75 Å². The summed E-state index contributed by atoms with van der Waals surface area (Å²) < 4.78 is 45.9. The van der Waals surface area contributed by atoms with Crippen LogP contribution in [0.25, 0.3) is 33.2 Å². The number of methoxy groups -OCH3 is 1. The van der Waals surface area contributed by atoms with Crippen molar-refractivity contribution >= 4 is 28.2 Å². The van der Waals surface area contributed by atoms with Crippen molar-refractivity contribution in [3.05, 3.63) is 81.6 Å². The highest BCUT2D eigenvalue weighted by Crippen LogP contribution is 2.42. The second kappa shape index (κ2) is 7.67. The van der Waals surface area contributed by atoms with E-state index in [1.165, 1.54) is 13.2 Å². The molecule has 0 amide bonds. The molecule has 0 atom stereocenters. The molecule has 0 saturated heterocycles. The number of nitrogens with one attached hydrogen (secondary N) is 1. The number of halogens is 4. The fourth-order valence-corrected chi connectivity index (χ4v) is 3.72. The third-order valence-corrected chi connectivity index (χ3v) is 5.21. The van der Waals surface area contributed by atoms with Crippen LogP contribution in [0.15, 0.2) is 65.5 Å². The Labute approximate surface area is 180 Å². The van der Waals surface area contributed by atoms with Crippen molar-refractivity contribution in [3.8, 4) is 28.0 Å². The number of H-pyrrole nitrogens is 1. The molecule has 4 nitrogen and oxygen atoms in total. The average Bonchev–Trinajstić information content (AvgIpc) is 2.72. The molecule has 0 spiro atoms. The molecule has 31 heavy (non-hydrogen) atoms. The van der Waals surface area contributed by atoms with E-state index < -0.39 is 17.3 Å². The molecule has 0 aliphatic carbocycles. The molecule has 0 bridgehead atoms. The lowest BCUT2D eigenvalue weighted by Crippen LogP contribution is -2.13. The number of fused-ring (bicyclic) bond motifs is 1. The van der Waals surface area contributed by atoms with E-state index in [4.69, 9.17) is 22.1 Å². The number of ether oxygens (including phenoxy) is 1. The number of rotatable bonds is 3. The third-order valence-electron chi connectivity index (χ3n) is 4.97. The largest absolute Gasteiger partial charge is 0.496 e. The molecule has 1 aromatic heterocycles. The monoisotopic (exact) mass is 444 g/mol. The maximum Gasteiger partial charge on any atom is 0.416 e. The first kappa shape index (κ1) is 20.8. The van der Waals surface area contributed by atoms with E-state index in [-0.39, 0.29) is 22.0 Å². The van der Waals surface area contributed by atoms with E-state index >= 15 is 0 Å². The number of pyridine rings is 1. The van der Waals surface area contributed by atoms with E-state index in [0.29, 0.717) is 27.6 Å². The SMILES string of the molecule is COc1ccc(Cl)cc1-c1c(-c2ccc(N)cc2)c(=O)[nH]c2ccc(C(F)(F)F)cc12. The summed E-state index contributed by atoms with van der Waals surface area (Å²) in [5, 5.41) is 0.557. The van der Waals surface area contributed by atoms with Gasteiger partial charge in [0.2, 0.25) is 0 Å². The van der Waals surface area contributed by atoms with Crippen molar-refractivity contribution in [3.63, 3.8) is 0 Å². The zero-order valence-corrected chi connectivity index (χ0v) is 16.9. The number of hydrogen-bond donors (Lipinski definition) is 2. The summed E-state index contributed by atoms with van der Waals surface area (Å²) in [5.41, 5.74) is 6.58. The molecule has 0 radical (unpaired) electrons. The van der Waals surface area contributed by atoms with Gasteiger partial charge < -0.3 is 15.5 Å². The van der Waals surface area contributed by atoms with Gasteiger partial charge in [0.05, 0.1) is 18.2 Å². The van der Waals surface area contributed by atoms with E-state index in [9.17, 15) is 18.0 Å². The van der Waals surface area contributed by atoms with Gasteiger partial charge in [-0.1, -0.05) is 23.7 Å². The van der Waals surface area contributed by atoms with Crippen LogP contribution in [0.2, 0.25) is 5.02 Å². The van der Waals surface area contributed by atoms with Gasteiger partial charge in [-0.05, 0) is 54.1 Å². The predicted octanol–water partition coefficient (Wildman–Crippen LogP) is 6.13. The van der Waals surface area contributed by atoms with Gasteiger partial charge in [0, 0.05) is 32.7 Å². The van der Waals surface area contributed by atoms with Gasteiger partial charge in [-0.25, -0.2) is 0 Å². The predicted molar refractivity (Wildman–Crippen MR) is 116 cm³/mol. The molecule has 1 heterocycles. The number of nitrogens with two attached hydrogens (primary N) is 1. The first-order valence-corrected chi connectivity index (χ1v) is 9.54. The molecule has 0 aliphatic heterocycles. The smallest absolute Gasteiger partial charge is 0.416 e. The lowest BCUT2D eigenvalue weighted by atomic mass is 9.91. The Balaban J connectivity index is 2.20. The van der Waals surface area contributed by atoms with Crippen LogP contribution in [0, 0.1) is 0 Å². The summed E-state index contributed by atoms with van der Waals surface area (Å²) in [6, 6.07) is 14.5. The van der Waals surface area contributed by atoms with Crippen LogP contribution in [0.1, 0.15) is 5.56 Å². The molecule has 3 aromatic carbocycles. The minimum absolute atomic E-state index is 0.187. The van der Waals surface area contributed by atoms with Crippen molar-refractivity contribution in [2.45, 2.75) is 6.18 Å². The van der Waals surface area contributed by atoms with Gasteiger partial charge in [0.15, 0.2) is 0 Å². The number of nitrogen functional groups attached to an aromatic ring is 1. The van der Waals surface area contributed by atoms with Crippen LogP contribution in [0.5, 0.6) is 5.75 Å². The molecule has 4 rings (SSSR count). The molecule has 0 fully saturated rings. The van der Waals surface area contributed by atoms with Crippen molar-refractivity contribution in [2.75, 3.05) is 12.8 Å². The number of anilines is 1. The number of alkyl halides is 3. The molecule has 3 N–H and O–H groups in total. The molecular weight excluding hydrogens is 429 g/mol. The third kappa shape index (κ3) is 3.84. The van der Waals surface area contributed by atoms with Crippen molar-refractivity contribution < 1.29 is 17.9 Å². The van der Waals surface area contributed by atoms with E-state index in [1.807, 2.05) is 0 Å². The van der Waals surface area contributed by atoms with Gasteiger partial charge >= 0.3 is 6.18 Å². The Morgan fingerprint density at radius 1 is 0.968 bits per heavy atom. The van der Waals surface area contributed by atoms with E-state index in [1.54, 1.807) is 42.5 Å². The Hall–Kier alpha value is -3.45. The van der Waals surface area contributed by atoms with Crippen molar-refractivity contribution in [1.29, 1.82) is 0 Å². The molecule has 0 unspecified atom stereocenters. The van der Waals surface area contributed by atoms with Crippen molar-refractivity contribution in [1.82, 2.24) is 4.98 Å². The van der Waals surface area contributed by atoms with Crippen molar-refractivity contribution in [2.24, 2.45) is 0 Å². The van der Waals surface area contributed by atoms with Crippen LogP contribution >= 0.6 is 11.6 Å². The van der Waals surface area contributed by atoms with Crippen LogP contribution in [-0.4, -0.2) is 12.1 Å². The van der Waals surface area contributed by atoms with Gasteiger partial charge in [0.25, 0.3) is 5.56 Å². The fourth-order valence-electron chi connectivity index (χ4n) is 3.55. The maximum absolute atomic E-state index is 13.5. The summed E-state index contributed by atoms with van der Waals surface area (Å²) in [6.45, 7) is 0. The number of benzene rings is 3. The standard InChI is InChI=1S/C23H16ClF3N2O2/c1-31-19-9-5-14(24)11-17(19)21-16-10-13(23(25,26)27)4-8-18(16)29-22(30)20(21)12-2-6-15(28)7-3-12/h2-11H,28H2,1H3,(H,29,30). The summed E-state index contributed by atoms with van der Waals surface area (Å²) in [6.07, 6.45) is -4.55. The van der Waals surface area contributed by atoms with Gasteiger partial charge in [-0.2, -0.15) is 13.2 Å². The highest BCUT2D eigenvalue weighted by atomic mass is 35.5. The Bertz CT molecular complexity index is 1350. The highest BCUT2D eigenvalue weighted by molar-refractivity contribution is 6.31. The number of hydrogen-bond acceptors (Lipinski definition) is 3. The number of aromatic amines is 1. The first-order chi connectivity index (χ1) is 14.7. The van der Waals surface area contributed by atoms with Crippen LogP contribution in [0.4, 0.5) is 18.9 Å². The van der Waals surface area contributed by atoms with Gasteiger partial charge in [-0.15, -0.1) is 0 Å². The zero-order chi connectivity index (χ0) is 22.3. The second-order valence-corrected chi connectivity index (χ2v) is 7.37. The lowest BCUT2D eigenvalue weighted by molar-refractivity contribution is -0.137. The average molecular weight is 445 g/mol. The van der Waals surface area contributed by atoms with E-state index in [0.717, 1.165) is 12.1 Å². The summed E-state index contributed by atoms with van der Waals surface area (Å²) in [4.78, 5) is 15.8. The molecular formula is C23H16ClF3N2O2. The lowest BCUT2D eigenvalue weighted by Gasteiger charge is -2.17. The van der Waals surface area contributed by atoms with E-state index in [2.05, 4.69) is 4.98 Å². The zero-order valence-electron chi connectivity index (χ0n) is 16.2. The summed E-state index contributed by atoms with van der Waals surface area (Å²) in [5.74, 6) is 0.366. The molecule has 158 valence electrons. The normalized spacial score (nSPS) is 11.6. The molecule has 0 aliphatic rings.